The predicted molar refractivity (Wildman–Crippen MR) is 100 cm³/mol. The first-order valence-electron chi connectivity index (χ1n) is 9.46. The van der Waals surface area contributed by atoms with E-state index in [0.29, 0.717) is 11.8 Å². The van der Waals surface area contributed by atoms with Crippen molar-refractivity contribution in [3.05, 3.63) is 59.9 Å². The number of halogens is 1. The van der Waals surface area contributed by atoms with Gasteiger partial charge < -0.3 is 10.1 Å². The van der Waals surface area contributed by atoms with E-state index in [-0.39, 0.29) is 11.6 Å². The third-order valence-corrected chi connectivity index (χ3v) is 5.08. The standard InChI is InChI=1S/C22H28FNO/c1-17(15-18-9-3-2-4-10-18)24-16-19-11-5-7-13-21(19)25-22-14-8-6-12-20(22)23/h5-8,11-14,17-18,24H,2-4,9-10,15-16H2,1H3. The fourth-order valence-corrected chi connectivity index (χ4v) is 3.69. The Hall–Kier alpha value is -1.87. The van der Waals surface area contributed by atoms with Gasteiger partial charge in [0.2, 0.25) is 0 Å². The highest BCUT2D eigenvalue weighted by atomic mass is 19.1. The number of para-hydroxylation sites is 2. The number of ether oxygens (including phenoxy) is 1. The smallest absolute Gasteiger partial charge is 0.165 e. The third kappa shape index (κ3) is 5.30. The fourth-order valence-electron chi connectivity index (χ4n) is 3.69. The maximum atomic E-state index is 13.8. The molecule has 3 rings (SSSR count). The monoisotopic (exact) mass is 341 g/mol. The highest BCUT2D eigenvalue weighted by molar-refractivity contribution is 5.38. The van der Waals surface area contributed by atoms with E-state index in [1.54, 1.807) is 18.2 Å². The van der Waals surface area contributed by atoms with E-state index in [2.05, 4.69) is 12.2 Å². The van der Waals surface area contributed by atoms with Crippen molar-refractivity contribution in [3.63, 3.8) is 0 Å². The van der Waals surface area contributed by atoms with Crippen molar-refractivity contribution < 1.29 is 9.13 Å². The second kappa shape index (κ2) is 9.00. The Morgan fingerprint density at radius 3 is 2.44 bits per heavy atom. The van der Waals surface area contributed by atoms with Gasteiger partial charge in [-0.25, -0.2) is 4.39 Å². The van der Waals surface area contributed by atoms with E-state index < -0.39 is 0 Å². The summed E-state index contributed by atoms with van der Waals surface area (Å²) in [6, 6.07) is 14.9. The van der Waals surface area contributed by atoms with Crippen LogP contribution < -0.4 is 10.1 Å². The van der Waals surface area contributed by atoms with Gasteiger partial charge in [0, 0.05) is 18.2 Å². The van der Waals surface area contributed by atoms with Crippen LogP contribution in [-0.2, 0) is 6.54 Å². The van der Waals surface area contributed by atoms with Crippen LogP contribution in [0.3, 0.4) is 0 Å². The molecule has 0 radical (unpaired) electrons. The summed E-state index contributed by atoms with van der Waals surface area (Å²) in [7, 11) is 0. The molecule has 0 amide bonds. The summed E-state index contributed by atoms with van der Waals surface area (Å²) in [5.41, 5.74) is 1.06. The zero-order chi connectivity index (χ0) is 17.5. The summed E-state index contributed by atoms with van der Waals surface area (Å²) < 4.78 is 19.6. The molecule has 1 aliphatic rings. The van der Waals surface area contributed by atoms with Crippen LogP contribution in [-0.4, -0.2) is 6.04 Å². The molecule has 1 saturated carbocycles. The van der Waals surface area contributed by atoms with Crippen LogP contribution in [0.1, 0.15) is 51.0 Å². The van der Waals surface area contributed by atoms with E-state index in [9.17, 15) is 4.39 Å². The van der Waals surface area contributed by atoms with Gasteiger partial charge in [0.05, 0.1) is 0 Å². The molecule has 1 fully saturated rings. The van der Waals surface area contributed by atoms with Gasteiger partial charge in [0.1, 0.15) is 5.75 Å². The van der Waals surface area contributed by atoms with Crippen LogP contribution >= 0.6 is 0 Å². The third-order valence-electron chi connectivity index (χ3n) is 5.08. The number of rotatable bonds is 7. The quantitative estimate of drug-likeness (QED) is 0.660. The minimum absolute atomic E-state index is 0.269. The summed E-state index contributed by atoms with van der Waals surface area (Å²) in [5.74, 6) is 1.51. The fraction of sp³-hybridized carbons (Fsp3) is 0.455. The summed E-state index contributed by atoms with van der Waals surface area (Å²) in [6.07, 6.45) is 8.15. The highest BCUT2D eigenvalue weighted by Gasteiger charge is 2.16. The molecular weight excluding hydrogens is 313 g/mol. The van der Waals surface area contributed by atoms with Crippen molar-refractivity contribution in [2.24, 2.45) is 5.92 Å². The Kier molecular flexibility index (Phi) is 6.46. The predicted octanol–water partition coefficient (Wildman–Crippen LogP) is 6.07. The van der Waals surface area contributed by atoms with Crippen molar-refractivity contribution in [2.45, 2.75) is 58.0 Å². The molecule has 2 aromatic rings. The van der Waals surface area contributed by atoms with Crippen molar-refractivity contribution >= 4 is 0 Å². The average molecular weight is 341 g/mol. The van der Waals surface area contributed by atoms with Crippen LogP contribution in [0.5, 0.6) is 11.5 Å². The van der Waals surface area contributed by atoms with Gasteiger partial charge in [-0.05, 0) is 37.5 Å². The Labute approximate surface area is 150 Å². The zero-order valence-electron chi connectivity index (χ0n) is 15.0. The summed E-state index contributed by atoms with van der Waals surface area (Å²) in [6.45, 7) is 2.99. The zero-order valence-corrected chi connectivity index (χ0v) is 15.0. The average Bonchev–Trinajstić information content (AvgIpc) is 2.64. The van der Waals surface area contributed by atoms with Crippen molar-refractivity contribution in [3.8, 4) is 11.5 Å². The topological polar surface area (TPSA) is 21.3 Å². The van der Waals surface area contributed by atoms with Crippen molar-refractivity contribution in [2.75, 3.05) is 0 Å². The lowest BCUT2D eigenvalue weighted by molar-refractivity contribution is 0.304. The lowest BCUT2D eigenvalue weighted by atomic mass is 9.85. The molecule has 2 nitrogen and oxygen atoms in total. The van der Waals surface area contributed by atoms with E-state index >= 15 is 0 Å². The second-order valence-corrected chi connectivity index (χ2v) is 7.16. The van der Waals surface area contributed by atoms with Gasteiger partial charge in [0.25, 0.3) is 0 Å². The number of nitrogens with one attached hydrogen (secondary N) is 1. The molecule has 1 unspecified atom stereocenters. The van der Waals surface area contributed by atoms with E-state index in [4.69, 9.17) is 4.74 Å². The van der Waals surface area contributed by atoms with Crippen LogP contribution in [0.25, 0.3) is 0 Å². The van der Waals surface area contributed by atoms with Crippen LogP contribution in [0, 0.1) is 11.7 Å². The van der Waals surface area contributed by atoms with E-state index in [0.717, 1.165) is 18.0 Å². The van der Waals surface area contributed by atoms with Crippen LogP contribution in [0.4, 0.5) is 4.39 Å². The molecule has 2 aromatic carbocycles. The molecule has 3 heteroatoms. The second-order valence-electron chi connectivity index (χ2n) is 7.16. The molecular formula is C22H28FNO. The van der Waals surface area contributed by atoms with Gasteiger partial charge in [-0.2, -0.15) is 0 Å². The van der Waals surface area contributed by atoms with Gasteiger partial charge >= 0.3 is 0 Å². The molecule has 0 bridgehead atoms. The molecule has 1 N–H and O–H groups in total. The molecule has 0 aromatic heterocycles. The molecule has 0 heterocycles. The Morgan fingerprint density at radius 1 is 1.00 bits per heavy atom. The Morgan fingerprint density at radius 2 is 1.68 bits per heavy atom. The summed E-state index contributed by atoms with van der Waals surface area (Å²) in [4.78, 5) is 0. The van der Waals surface area contributed by atoms with Gasteiger partial charge in [-0.3, -0.25) is 0 Å². The largest absolute Gasteiger partial charge is 0.454 e. The lowest BCUT2D eigenvalue weighted by Crippen LogP contribution is -2.28. The van der Waals surface area contributed by atoms with Crippen LogP contribution in [0.2, 0.25) is 0 Å². The van der Waals surface area contributed by atoms with Crippen LogP contribution in [0.15, 0.2) is 48.5 Å². The molecule has 1 aliphatic carbocycles. The molecule has 134 valence electrons. The number of benzene rings is 2. The first-order chi connectivity index (χ1) is 12.2. The number of hydrogen-bond donors (Lipinski definition) is 1. The maximum Gasteiger partial charge on any atom is 0.165 e. The molecule has 0 spiro atoms. The number of hydrogen-bond acceptors (Lipinski definition) is 2. The van der Waals surface area contributed by atoms with Gasteiger partial charge in [-0.1, -0.05) is 62.4 Å². The highest BCUT2D eigenvalue weighted by Crippen LogP contribution is 2.29. The minimum atomic E-state index is -0.337. The first kappa shape index (κ1) is 17.9. The van der Waals surface area contributed by atoms with Crippen molar-refractivity contribution in [1.82, 2.24) is 5.32 Å². The van der Waals surface area contributed by atoms with E-state index in [1.807, 2.05) is 24.3 Å². The summed E-state index contributed by atoms with van der Waals surface area (Å²) >= 11 is 0. The Bertz CT molecular complexity index is 667. The Balaban J connectivity index is 1.58. The summed E-state index contributed by atoms with van der Waals surface area (Å²) in [5, 5.41) is 3.61. The normalized spacial score (nSPS) is 16.6. The molecule has 0 saturated heterocycles. The lowest BCUT2D eigenvalue weighted by Gasteiger charge is -2.25. The minimum Gasteiger partial charge on any atom is -0.454 e. The van der Waals surface area contributed by atoms with Gasteiger partial charge in [-0.15, -0.1) is 0 Å². The SMILES string of the molecule is CC(CC1CCCCC1)NCc1ccccc1Oc1ccccc1F. The maximum absolute atomic E-state index is 13.8. The van der Waals surface area contributed by atoms with E-state index in [1.165, 1.54) is 44.6 Å². The molecule has 1 atom stereocenters. The molecule has 25 heavy (non-hydrogen) atoms. The van der Waals surface area contributed by atoms with Crippen molar-refractivity contribution in [1.29, 1.82) is 0 Å². The first-order valence-corrected chi connectivity index (χ1v) is 9.46. The van der Waals surface area contributed by atoms with Gasteiger partial charge in [0.15, 0.2) is 11.6 Å². The molecule has 0 aliphatic heterocycles.